The van der Waals surface area contributed by atoms with Gasteiger partial charge in [-0.1, -0.05) is 55.9 Å². The molecule has 1 aromatic carbocycles. The van der Waals surface area contributed by atoms with Gasteiger partial charge in [-0.15, -0.1) is 10.2 Å². The molecule has 5 heteroatoms. The van der Waals surface area contributed by atoms with E-state index in [9.17, 15) is 0 Å². The molecular weight excluding hydrogens is 306 g/mol. The maximum atomic E-state index is 5.50. The van der Waals surface area contributed by atoms with Gasteiger partial charge in [-0.25, -0.2) is 0 Å². The van der Waals surface area contributed by atoms with E-state index in [1.165, 1.54) is 5.56 Å². The molecule has 0 saturated carbocycles. The summed E-state index contributed by atoms with van der Waals surface area (Å²) in [6.07, 6.45) is 2.70. The Morgan fingerprint density at radius 1 is 1.09 bits per heavy atom. The number of benzene rings is 1. The van der Waals surface area contributed by atoms with E-state index in [0.717, 1.165) is 35.5 Å². The first-order valence-corrected chi connectivity index (χ1v) is 8.86. The number of furan rings is 1. The van der Waals surface area contributed by atoms with Crippen LogP contribution in [0.25, 0.3) is 11.6 Å². The van der Waals surface area contributed by atoms with Crippen LogP contribution in [0.2, 0.25) is 0 Å². The van der Waals surface area contributed by atoms with E-state index >= 15 is 0 Å². The second-order valence-electron chi connectivity index (χ2n) is 5.87. The molecule has 3 rings (SSSR count). The highest BCUT2D eigenvalue weighted by atomic mass is 32.2. The molecule has 120 valence electrons. The summed E-state index contributed by atoms with van der Waals surface area (Å²) in [6.45, 7) is 5.28. The third-order valence-electron chi connectivity index (χ3n) is 3.47. The monoisotopic (exact) mass is 327 g/mol. The first kappa shape index (κ1) is 15.9. The molecule has 0 fully saturated rings. The number of thioether (sulfide) groups is 1. The second-order valence-corrected chi connectivity index (χ2v) is 6.93. The maximum Gasteiger partial charge on any atom is 0.200 e. The minimum Gasteiger partial charge on any atom is -0.461 e. The molecule has 0 N–H and O–H groups in total. The Bertz CT molecular complexity index is 720. The van der Waals surface area contributed by atoms with Crippen LogP contribution in [0.5, 0.6) is 0 Å². The fourth-order valence-electron chi connectivity index (χ4n) is 2.42. The molecule has 3 aromatic rings. The van der Waals surface area contributed by atoms with Gasteiger partial charge in [0.2, 0.25) is 0 Å². The molecule has 2 aromatic heterocycles. The predicted octanol–water partition coefficient (Wildman–Crippen LogP) is 4.53. The first-order valence-electron chi connectivity index (χ1n) is 7.88. The zero-order valence-electron chi connectivity index (χ0n) is 13.5. The smallest absolute Gasteiger partial charge is 0.200 e. The molecule has 0 unspecified atom stereocenters. The van der Waals surface area contributed by atoms with Gasteiger partial charge in [0.1, 0.15) is 0 Å². The SMILES string of the molecule is CC(C)Cn1c(SCCc2ccccc2)nnc1-c1ccco1. The van der Waals surface area contributed by atoms with Crippen LogP contribution in [-0.2, 0) is 13.0 Å². The van der Waals surface area contributed by atoms with E-state index in [2.05, 4.69) is 52.9 Å². The van der Waals surface area contributed by atoms with Crippen molar-refractivity contribution in [3.63, 3.8) is 0 Å². The number of nitrogens with zero attached hydrogens (tertiary/aromatic N) is 3. The summed E-state index contributed by atoms with van der Waals surface area (Å²) in [4.78, 5) is 0. The van der Waals surface area contributed by atoms with Crippen LogP contribution in [-0.4, -0.2) is 20.5 Å². The van der Waals surface area contributed by atoms with Crippen LogP contribution in [0.4, 0.5) is 0 Å². The summed E-state index contributed by atoms with van der Waals surface area (Å²) in [5.74, 6) is 3.09. The fourth-order valence-corrected chi connectivity index (χ4v) is 3.35. The molecule has 2 heterocycles. The lowest BCUT2D eigenvalue weighted by atomic mass is 10.2. The molecule has 0 spiro atoms. The van der Waals surface area contributed by atoms with Crippen molar-refractivity contribution in [2.75, 3.05) is 5.75 Å². The zero-order chi connectivity index (χ0) is 16.1. The van der Waals surface area contributed by atoms with E-state index in [4.69, 9.17) is 4.42 Å². The van der Waals surface area contributed by atoms with Crippen LogP contribution in [0.3, 0.4) is 0 Å². The van der Waals surface area contributed by atoms with Crippen molar-refractivity contribution in [1.29, 1.82) is 0 Å². The maximum absolute atomic E-state index is 5.50. The highest BCUT2D eigenvalue weighted by Crippen LogP contribution is 2.25. The van der Waals surface area contributed by atoms with Crippen LogP contribution < -0.4 is 0 Å². The van der Waals surface area contributed by atoms with Crippen molar-refractivity contribution < 1.29 is 4.42 Å². The van der Waals surface area contributed by atoms with Gasteiger partial charge in [-0.2, -0.15) is 0 Å². The molecule has 4 nitrogen and oxygen atoms in total. The topological polar surface area (TPSA) is 43.9 Å². The molecule has 0 radical (unpaired) electrons. The van der Waals surface area contributed by atoms with Crippen LogP contribution in [0.1, 0.15) is 19.4 Å². The molecule has 0 aliphatic rings. The molecular formula is C18H21N3OS. The van der Waals surface area contributed by atoms with Gasteiger partial charge >= 0.3 is 0 Å². The third kappa shape index (κ3) is 4.05. The minimum atomic E-state index is 0.521. The van der Waals surface area contributed by atoms with Gasteiger partial charge in [0.05, 0.1) is 6.26 Å². The number of aromatic nitrogens is 3. The Morgan fingerprint density at radius 2 is 1.91 bits per heavy atom. The Morgan fingerprint density at radius 3 is 2.61 bits per heavy atom. The summed E-state index contributed by atoms with van der Waals surface area (Å²) >= 11 is 1.75. The standard InChI is InChI=1S/C18H21N3OS/c1-14(2)13-21-17(16-9-6-11-22-16)19-20-18(21)23-12-10-15-7-4-3-5-8-15/h3-9,11,14H,10,12-13H2,1-2H3. The lowest BCUT2D eigenvalue weighted by Gasteiger charge is -2.11. The Hall–Kier alpha value is -2.01. The molecule has 23 heavy (non-hydrogen) atoms. The molecule has 0 amide bonds. The Balaban J connectivity index is 1.73. The number of rotatable bonds is 7. The molecule has 0 bridgehead atoms. The van der Waals surface area contributed by atoms with Gasteiger partial charge < -0.3 is 4.42 Å². The Labute approximate surface area is 140 Å². The largest absolute Gasteiger partial charge is 0.461 e. The summed E-state index contributed by atoms with van der Waals surface area (Å²) in [7, 11) is 0. The van der Waals surface area contributed by atoms with E-state index in [0.29, 0.717) is 5.92 Å². The van der Waals surface area contributed by atoms with Gasteiger partial charge in [-0.3, -0.25) is 4.57 Å². The molecule has 0 atom stereocenters. The molecule has 0 saturated heterocycles. The van der Waals surface area contributed by atoms with E-state index in [1.807, 2.05) is 18.2 Å². The quantitative estimate of drug-likeness (QED) is 0.598. The predicted molar refractivity (Wildman–Crippen MR) is 93.4 cm³/mol. The van der Waals surface area contributed by atoms with Crippen LogP contribution in [0.15, 0.2) is 58.3 Å². The lowest BCUT2D eigenvalue weighted by molar-refractivity contribution is 0.489. The minimum absolute atomic E-state index is 0.521. The van der Waals surface area contributed by atoms with Crippen molar-refractivity contribution >= 4 is 11.8 Å². The normalized spacial score (nSPS) is 11.3. The highest BCUT2D eigenvalue weighted by Gasteiger charge is 2.17. The van der Waals surface area contributed by atoms with Crippen molar-refractivity contribution in [3.05, 3.63) is 54.3 Å². The first-order chi connectivity index (χ1) is 11.2. The van der Waals surface area contributed by atoms with Crippen LogP contribution >= 0.6 is 11.8 Å². The van der Waals surface area contributed by atoms with Crippen molar-refractivity contribution in [2.24, 2.45) is 5.92 Å². The van der Waals surface area contributed by atoms with Gasteiger partial charge in [0, 0.05) is 12.3 Å². The summed E-state index contributed by atoms with van der Waals surface area (Å²) in [6, 6.07) is 14.3. The lowest BCUT2D eigenvalue weighted by Crippen LogP contribution is -2.08. The molecule has 0 aliphatic carbocycles. The molecule has 0 aliphatic heterocycles. The van der Waals surface area contributed by atoms with Crippen LogP contribution in [0, 0.1) is 5.92 Å². The summed E-state index contributed by atoms with van der Waals surface area (Å²) < 4.78 is 7.66. The zero-order valence-corrected chi connectivity index (χ0v) is 14.3. The van der Waals surface area contributed by atoms with Crippen molar-refractivity contribution in [2.45, 2.75) is 32.0 Å². The number of hydrogen-bond acceptors (Lipinski definition) is 4. The van der Waals surface area contributed by atoms with Gasteiger partial charge in [0.25, 0.3) is 0 Å². The fraction of sp³-hybridized carbons (Fsp3) is 0.333. The number of hydrogen-bond donors (Lipinski definition) is 0. The van der Waals surface area contributed by atoms with Gasteiger partial charge in [0.15, 0.2) is 16.7 Å². The highest BCUT2D eigenvalue weighted by molar-refractivity contribution is 7.99. The van der Waals surface area contributed by atoms with E-state index < -0.39 is 0 Å². The Kier molecular flexibility index (Phi) is 5.18. The van der Waals surface area contributed by atoms with Crippen molar-refractivity contribution in [3.8, 4) is 11.6 Å². The summed E-state index contributed by atoms with van der Waals surface area (Å²) in [5.41, 5.74) is 1.35. The average Bonchev–Trinajstić information content (AvgIpc) is 3.18. The average molecular weight is 327 g/mol. The second kappa shape index (κ2) is 7.51. The third-order valence-corrected chi connectivity index (χ3v) is 4.44. The van der Waals surface area contributed by atoms with E-state index in [1.54, 1.807) is 18.0 Å². The summed E-state index contributed by atoms with van der Waals surface area (Å²) in [5, 5.41) is 9.67. The number of aryl methyl sites for hydroxylation is 1. The van der Waals surface area contributed by atoms with E-state index in [-0.39, 0.29) is 0 Å². The van der Waals surface area contributed by atoms with Gasteiger partial charge in [-0.05, 0) is 30.0 Å². The van der Waals surface area contributed by atoms with Crippen molar-refractivity contribution in [1.82, 2.24) is 14.8 Å².